The van der Waals surface area contributed by atoms with E-state index >= 15 is 0 Å². The van der Waals surface area contributed by atoms with Crippen molar-refractivity contribution in [3.8, 4) is 11.3 Å². The molecule has 5 heteroatoms. The first-order valence-electron chi connectivity index (χ1n) is 8.14. The average molecular weight is 322 g/mol. The second-order valence-electron chi connectivity index (χ2n) is 6.48. The molecule has 124 valence electrons. The number of fused-ring (bicyclic) bond motifs is 1. The van der Waals surface area contributed by atoms with Gasteiger partial charge < -0.3 is 5.32 Å². The number of amides is 1. The fourth-order valence-corrected chi connectivity index (χ4v) is 2.74. The van der Waals surface area contributed by atoms with Gasteiger partial charge in [-0.25, -0.2) is 4.98 Å². The molecular weight excluding hydrogens is 300 g/mol. The number of hydrogen-bond acceptors (Lipinski definition) is 3. The molecule has 0 aliphatic rings. The molecule has 0 aliphatic heterocycles. The molecule has 0 bridgehead atoms. The summed E-state index contributed by atoms with van der Waals surface area (Å²) >= 11 is 0. The standard InChI is InChI=1S/C19H22N4O/c1-12(2)10-20-19(24)15-9-18(16-11-23(4)22-13(16)3)21-17-8-6-5-7-14(15)17/h5-9,11-12H,10H2,1-4H3,(H,20,24). The Kier molecular flexibility index (Phi) is 4.34. The zero-order valence-electron chi connectivity index (χ0n) is 14.5. The van der Waals surface area contributed by atoms with Crippen molar-refractivity contribution in [3.63, 3.8) is 0 Å². The Hall–Kier alpha value is -2.69. The molecule has 0 saturated carbocycles. The van der Waals surface area contributed by atoms with Gasteiger partial charge in [0.05, 0.1) is 22.5 Å². The maximum atomic E-state index is 12.7. The normalized spacial score (nSPS) is 11.2. The van der Waals surface area contributed by atoms with E-state index in [1.54, 1.807) is 4.68 Å². The molecule has 3 rings (SSSR count). The van der Waals surface area contributed by atoms with Crippen LogP contribution in [0.5, 0.6) is 0 Å². The van der Waals surface area contributed by atoms with Crippen molar-refractivity contribution < 1.29 is 4.79 Å². The minimum atomic E-state index is -0.0647. The molecule has 0 aliphatic carbocycles. The van der Waals surface area contributed by atoms with E-state index in [4.69, 9.17) is 4.98 Å². The summed E-state index contributed by atoms with van der Waals surface area (Å²) in [6.45, 7) is 6.76. The van der Waals surface area contributed by atoms with Gasteiger partial charge in [-0.3, -0.25) is 9.48 Å². The summed E-state index contributed by atoms with van der Waals surface area (Å²) in [6, 6.07) is 9.60. The Morgan fingerprint density at radius 2 is 2.04 bits per heavy atom. The third-order valence-corrected chi connectivity index (χ3v) is 3.92. The van der Waals surface area contributed by atoms with Gasteiger partial charge in [0.2, 0.25) is 0 Å². The van der Waals surface area contributed by atoms with E-state index in [1.807, 2.05) is 50.5 Å². The number of hydrogen-bond donors (Lipinski definition) is 1. The summed E-state index contributed by atoms with van der Waals surface area (Å²) in [5, 5.41) is 8.24. The third kappa shape index (κ3) is 3.15. The summed E-state index contributed by atoms with van der Waals surface area (Å²) < 4.78 is 1.76. The smallest absolute Gasteiger partial charge is 0.252 e. The van der Waals surface area contributed by atoms with Crippen molar-refractivity contribution >= 4 is 16.8 Å². The van der Waals surface area contributed by atoms with Crippen LogP contribution in [0.3, 0.4) is 0 Å². The maximum absolute atomic E-state index is 12.7. The quantitative estimate of drug-likeness (QED) is 0.801. The van der Waals surface area contributed by atoms with E-state index in [-0.39, 0.29) is 5.91 Å². The number of pyridine rings is 1. The van der Waals surface area contributed by atoms with Gasteiger partial charge in [0, 0.05) is 30.7 Å². The van der Waals surface area contributed by atoms with Crippen molar-refractivity contribution in [2.45, 2.75) is 20.8 Å². The van der Waals surface area contributed by atoms with Crippen molar-refractivity contribution in [1.82, 2.24) is 20.1 Å². The van der Waals surface area contributed by atoms with Gasteiger partial charge in [-0.05, 0) is 25.0 Å². The van der Waals surface area contributed by atoms with Crippen LogP contribution in [0.15, 0.2) is 36.5 Å². The second kappa shape index (κ2) is 6.43. The molecule has 0 atom stereocenters. The van der Waals surface area contributed by atoms with Crippen LogP contribution in [0.4, 0.5) is 0 Å². The highest BCUT2D eigenvalue weighted by molar-refractivity contribution is 6.07. The molecule has 24 heavy (non-hydrogen) atoms. The van der Waals surface area contributed by atoms with E-state index < -0.39 is 0 Å². The van der Waals surface area contributed by atoms with E-state index in [0.29, 0.717) is 18.0 Å². The van der Waals surface area contributed by atoms with Crippen molar-refractivity contribution in [1.29, 1.82) is 0 Å². The Morgan fingerprint density at radius 3 is 2.71 bits per heavy atom. The lowest BCUT2D eigenvalue weighted by atomic mass is 10.0. The Morgan fingerprint density at radius 1 is 1.29 bits per heavy atom. The van der Waals surface area contributed by atoms with Crippen LogP contribution in [0, 0.1) is 12.8 Å². The molecular formula is C19H22N4O. The number of nitrogens with one attached hydrogen (secondary N) is 1. The summed E-state index contributed by atoms with van der Waals surface area (Å²) in [5.74, 6) is 0.340. The molecule has 0 fully saturated rings. The van der Waals surface area contributed by atoms with E-state index in [0.717, 1.165) is 27.9 Å². The summed E-state index contributed by atoms with van der Waals surface area (Å²) in [4.78, 5) is 17.4. The Bertz CT molecular complexity index is 896. The molecule has 1 aromatic carbocycles. The number of aryl methyl sites for hydroxylation is 2. The fraction of sp³-hybridized carbons (Fsp3) is 0.316. The summed E-state index contributed by atoms with van der Waals surface area (Å²) in [7, 11) is 1.88. The number of nitrogens with zero attached hydrogens (tertiary/aromatic N) is 3. The van der Waals surface area contributed by atoms with E-state index in [1.165, 1.54) is 0 Å². The van der Waals surface area contributed by atoms with Gasteiger partial charge in [-0.1, -0.05) is 32.0 Å². The van der Waals surface area contributed by atoms with Crippen LogP contribution < -0.4 is 5.32 Å². The van der Waals surface area contributed by atoms with Gasteiger partial charge in [0.1, 0.15) is 0 Å². The molecule has 2 heterocycles. The van der Waals surface area contributed by atoms with Gasteiger partial charge >= 0.3 is 0 Å². The average Bonchev–Trinajstić information content (AvgIpc) is 2.90. The lowest BCUT2D eigenvalue weighted by Crippen LogP contribution is -2.27. The molecule has 0 unspecified atom stereocenters. The fourth-order valence-electron chi connectivity index (χ4n) is 2.74. The number of benzene rings is 1. The molecule has 0 spiro atoms. The predicted molar refractivity (Wildman–Crippen MR) is 95.9 cm³/mol. The maximum Gasteiger partial charge on any atom is 0.252 e. The monoisotopic (exact) mass is 322 g/mol. The van der Waals surface area contributed by atoms with Gasteiger partial charge in [-0.15, -0.1) is 0 Å². The van der Waals surface area contributed by atoms with Gasteiger partial charge in [0.15, 0.2) is 0 Å². The zero-order chi connectivity index (χ0) is 17.3. The van der Waals surface area contributed by atoms with Crippen LogP contribution >= 0.6 is 0 Å². The van der Waals surface area contributed by atoms with Gasteiger partial charge in [-0.2, -0.15) is 5.10 Å². The topological polar surface area (TPSA) is 59.8 Å². The van der Waals surface area contributed by atoms with Crippen LogP contribution in [-0.2, 0) is 7.05 Å². The molecule has 5 nitrogen and oxygen atoms in total. The first kappa shape index (κ1) is 16.2. The number of para-hydroxylation sites is 1. The van der Waals surface area contributed by atoms with Crippen LogP contribution in [0.25, 0.3) is 22.2 Å². The Balaban J connectivity index is 2.13. The highest BCUT2D eigenvalue weighted by atomic mass is 16.1. The first-order chi connectivity index (χ1) is 11.5. The minimum Gasteiger partial charge on any atom is -0.352 e. The van der Waals surface area contributed by atoms with Crippen LogP contribution in [0.2, 0.25) is 0 Å². The summed E-state index contributed by atoms with van der Waals surface area (Å²) in [6.07, 6.45) is 1.93. The number of carbonyl (C=O) groups excluding carboxylic acids is 1. The van der Waals surface area contributed by atoms with Crippen LogP contribution in [0.1, 0.15) is 29.9 Å². The lowest BCUT2D eigenvalue weighted by Gasteiger charge is -2.11. The SMILES string of the molecule is Cc1nn(C)cc1-c1cc(C(=O)NCC(C)C)c2ccccc2n1. The van der Waals surface area contributed by atoms with E-state index in [9.17, 15) is 4.79 Å². The van der Waals surface area contributed by atoms with Crippen molar-refractivity contribution in [3.05, 3.63) is 47.8 Å². The largest absolute Gasteiger partial charge is 0.352 e. The van der Waals surface area contributed by atoms with E-state index in [2.05, 4.69) is 24.3 Å². The number of rotatable bonds is 4. The first-order valence-corrected chi connectivity index (χ1v) is 8.14. The molecule has 1 N–H and O–H groups in total. The van der Waals surface area contributed by atoms with Crippen molar-refractivity contribution in [2.24, 2.45) is 13.0 Å². The van der Waals surface area contributed by atoms with Crippen LogP contribution in [-0.4, -0.2) is 27.2 Å². The highest BCUT2D eigenvalue weighted by Crippen LogP contribution is 2.26. The van der Waals surface area contributed by atoms with Gasteiger partial charge in [0.25, 0.3) is 5.91 Å². The zero-order valence-corrected chi connectivity index (χ0v) is 14.5. The molecule has 3 aromatic rings. The molecule has 0 radical (unpaired) electrons. The lowest BCUT2D eigenvalue weighted by molar-refractivity contribution is 0.0950. The molecule has 1 amide bonds. The number of carbonyl (C=O) groups is 1. The number of aromatic nitrogens is 3. The highest BCUT2D eigenvalue weighted by Gasteiger charge is 2.16. The third-order valence-electron chi connectivity index (χ3n) is 3.92. The van der Waals surface area contributed by atoms with Crippen molar-refractivity contribution in [2.75, 3.05) is 6.54 Å². The molecule has 0 saturated heterocycles. The predicted octanol–water partition coefficient (Wildman–Crippen LogP) is 3.33. The molecule has 2 aromatic heterocycles. The summed E-state index contributed by atoms with van der Waals surface area (Å²) in [5.41, 5.74) is 4.08. The second-order valence-corrected chi connectivity index (χ2v) is 6.48. The minimum absolute atomic E-state index is 0.0647. The Labute approximate surface area is 141 Å².